The minimum atomic E-state index is -3.04. The molecule has 8 heteroatoms. The van der Waals surface area contributed by atoms with Crippen LogP contribution in [0.3, 0.4) is 0 Å². The molecule has 0 saturated carbocycles. The number of ketones is 1. The van der Waals surface area contributed by atoms with E-state index in [9.17, 15) is 24.6 Å². The van der Waals surface area contributed by atoms with Crippen LogP contribution < -0.4 is 4.74 Å². The van der Waals surface area contributed by atoms with Gasteiger partial charge >= 0.3 is 11.9 Å². The van der Waals surface area contributed by atoms with Crippen molar-refractivity contribution in [2.75, 3.05) is 7.11 Å². The number of phenolic OH excluding ortho intramolecular Hbond substituents is 1. The van der Waals surface area contributed by atoms with Crippen molar-refractivity contribution in [1.82, 2.24) is 0 Å². The number of carboxylic acids is 2. The van der Waals surface area contributed by atoms with Gasteiger partial charge in [0.2, 0.25) is 5.60 Å². The lowest BCUT2D eigenvalue weighted by Crippen LogP contribution is -2.47. The summed E-state index contributed by atoms with van der Waals surface area (Å²) in [5.74, 6) is -4.87. The second-order valence-corrected chi connectivity index (χ2v) is 4.36. The molecule has 0 fully saturated rings. The normalized spacial score (nSPS) is 13.5. The number of aliphatic hydroxyl groups is 1. The number of phenols is 1. The topological polar surface area (TPSA) is 141 Å². The number of methoxy groups -OCH3 is 1. The van der Waals surface area contributed by atoms with E-state index in [1.165, 1.54) is 25.3 Å². The van der Waals surface area contributed by atoms with E-state index < -0.39 is 29.7 Å². The molecule has 0 radical (unpaired) electrons. The third kappa shape index (κ3) is 3.83. The minimum Gasteiger partial charge on any atom is -0.504 e. The summed E-state index contributed by atoms with van der Waals surface area (Å²) >= 11 is 0. The SMILES string of the molecule is COc1ccc(C=CC(=O)C(O)(CC(=O)O)C(=O)O)cc1O. The fourth-order valence-electron chi connectivity index (χ4n) is 1.61. The van der Waals surface area contributed by atoms with Gasteiger partial charge in [-0.2, -0.15) is 0 Å². The van der Waals surface area contributed by atoms with Crippen LogP contribution >= 0.6 is 0 Å². The molecule has 0 aliphatic carbocycles. The van der Waals surface area contributed by atoms with Crippen LogP contribution in [0.15, 0.2) is 24.3 Å². The molecule has 1 atom stereocenters. The second-order valence-electron chi connectivity index (χ2n) is 4.36. The zero-order valence-corrected chi connectivity index (χ0v) is 11.5. The quantitative estimate of drug-likeness (QED) is 0.415. The Kier molecular flexibility index (Phi) is 5.25. The van der Waals surface area contributed by atoms with Crippen LogP contribution in [0.2, 0.25) is 0 Å². The zero-order chi connectivity index (χ0) is 16.9. The lowest BCUT2D eigenvalue weighted by Gasteiger charge is -2.17. The summed E-state index contributed by atoms with van der Waals surface area (Å²) in [7, 11) is 1.35. The summed E-state index contributed by atoms with van der Waals surface area (Å²) in [6, 6.07) is 4.14. The number of carbonyl (C=O) groups excluding carboxylic acids is 1. The van der Waals surface area contributed by atoms with Crippen LogP contribution in [0.1, 0.15) is 12.0 Å². The summed E-state index contributed by atoms with van der Waals surface area (Å²) in [4.78, 5) is 33.2. The van der Waals surface area contributed by atoms with Crippen molar-refractivity contribution in [2.45, 2.75) is 12.0 Å². The van der Waals surface area contributed by atoms with Crippen molar-refractivity contribution in [3.8, 4) is 11.5 Å². The molecule has 0 spiro atoms. The molecule has 0 aliphatic heterocycles. The molecule has 8 nitrogen and oxygen atoms in total. The van der Waals surface area contributed by atoms with E-state index in [1.807, 2.05) is 0 Å². The van der Waals surface area contributed by atoms with Crippen molar-refractivity contribution < 1.29 is 39.5 Å². The number of hydrogen-bond donors (Lipinski definition) is 4. The number of aliphatic carboxylic acids is 2. The fraction of sp³-hybridized carbons (Fsp3) is 0.214. The Balaban J connectivity index is 3.01. The highest BCUT2D eigenvalue weighted by atomic mass is 16.5. The number of carbonyl (C=O) groups is 3. The third-order valence-electron chi connectivity index (χ3n) is 2.80. The summed E-state index contributed by atoms with van der Waals surface area (Å²) < 4.78 is 4.83. The molecule has 0 heterocycles. The maximum absolute atomic E-state index is 11.8. The van der Waals surface area contributed by atoms with Gasteiger partial charge < -0.3 is 25.2 Å². The van der Waals surface area contributed by atoms with Gasteiger partial charge in [-0.3, -0.25) is 9.59 Å². The van der Waals surface area contributed by atoms with E-state index >= 15 is 0 Å². The first kappa shape index (κ1) is 17.2. The molecule has 1 aromatic carbocycles. The van der Waals surface area contributed by atoms with Gasteiger partial charge in [0.15, 0.2) is 17.3 Å². The number of hydrogen-bond acceptors (Lipinski definition) is 6. The highest BCUT2D eigenvalue weighted by Gasteiger charge is 2.44. The van der Waals surface area contributed by atoms with Gasteiger partial charge in [-0.25, -0.2) is 4.79 Å². The molecular formula is C14H14O8. The van der Waals surface area contributed by atoms with Gasteiger partial charge in [0.25, 0.3) is 0 Å². The first-order valence-corrected chi connectivity index (χ1v) is 5.97. The highest BCUT2D eigenvalue weighted by molar-refractivity contribution is 6.14. The van der Waals surface area contributed by atoms with Crippen LogP contribution in [0.25, 0.3) is 6.08 Å². The predicted molar refractivity (Wildman–Crippen MR) is 73.5 cm³/mol. The fourth-order valence-corrected chi connectivity index (χ4v) is 1.61. The standard InChI is InChI=1S/C14H14O8/c1-22-10-4-2-8(6-9(10)15)3-5-11(16)14(21,13(19)20)7-12(17)18/h2-6,15,21H,7H2,1H3,(H,17,18)(H,19,20). The molecule has 1 aromatic rings. The number of benzene rings is 1. The van der Waals surface area contributed by atoms with Crippen molar-refractivity contribution in [3.63, 3.8) is 0 Å². The van der Waals surface area contributed by atoms with E-state index in [0.717, 1.165) is 12.2 Å². The molecule has 4 N–H and O–H groups in total. The molecular weight excluding hydrogens is 296 g/mol. The number of ether oxygens (including phenoxy) is 1. The Hall–Kier alpha value is -2.87. The Morgan fingerprint density at radius 1 is 1.27 bits per heavy atom. The van der Waals surface area contributed by atoms with Crippen molar-refractivity contribution in [2.24, 2.45) is 0 Å². The van der Waals surface area contributed by atoms with Crippen LogP contribution in [-0.2, 0) is 14.4 Å². The largest absolute Gasteiger partial charge is 0.504 e. The average Bonchev–Trinajstić information content (AvgIpc) is 2.43. The molecule has 118 valence electrons. The van der Waals surface area contributed by atoms with E-state index in [0.29, 0.717) is 5.56 Å². The maximum atomic E-state index is 11.8. The van der Waals surface area contributed by atoms with E-state index in [-0.39, 0.29) is 11.5 Å². The number of rotatable bonds is 7. The number of aromatic hydroxyl groups is 1. The molecule has 1 rings (SSSR count). The smallest absolute Gasteiger partial charge is 0.344 e. The van der Waals surface area contributed by atoms with Crippen LogP contribution in [0, 0.1) is 0 Å². The molecule has 0 aromatic heterocycles. The van der Waals surface area contributed by atoms with Crippen molar-refractivity contribution in [3.05, 3.63) is 29.8 Å². The van der Waals surface area contributed by atoms with Gasteiger partial charge in [-0.1, -0.05) is 12.1 Å². The van der Waals surface area contributed by atoms with Crippen LogP contribution in [0.5, 0.6) is 11.5 Å². The lowest BCUT2D eigenvalue weighted by atomic mass is 9.93. The molecule has 22 heavy (non-hydrogen) atoms. The van der Waals surface area contributed by atoms with Gasteiger partial charge in [-0.15, -0.1) is 0 Å². The van der Waals surface area contributed by atoms with Gasteiger partial charge in [0.05, 0.1) is 13.5 Å². The van der Waals surface area contributed by atoms with E-state index in [1.54, 1.807) is 0 Å². The molecule has 0 aliphatic rings. The Morgan fingerprint density at radius 2 is 1.91 bits per heavy atom. The molecule has 1 unspecified atom stereocenters. The molecule has 0 bridgehead atoms. The summed E-state index contributed by atoms with van der Waals surface area (Å²) in [6.07, 6.45) is 0.606. The van der Waals surface area contributed by atoms with Gasteiger partial charge in [0.1, 0.15) is 0 Å². The summed E-state index contributed by atoms with van der Waals surface area (Å²) in [6.45, 7) is 0. The zero-order valence-electron chi connectivity index (χ0n) is 11.5. The first-order valence-electron chi connectivity index (χ1n) is 5.97. The predicted octanol–water partition coefficient (Wildman–Crippen LogP) is 0.273. The van der Waals surface area contributed by atoms with Gasteiger partial charge in [-0.05, 0) is 23.8 Å². The van der Waals surface area contributed by atoms with E-state index in [4.69, 9.17) is 14.9 Å². The van der Waals surface area contributed by atoms with E-state index in [2.05, 4.69) is 0 Å². The van der Waals surface area contributed by atoms with Gasteiger partial charge in [0, 0.05) is 0 Å². The first-order chi connectivity index (χ1) is 10.2. The maximum Gasteiger partial charge on any atom is 0.344 e. The van der Waals surface area contributed by atoms with Crippen molar-refractivity contribution >= 4 is 23.8 Å². The molecule has 0 amide bonds. The minimum absolute atomic E-state index is 0.198. The lowest BCUT2D eigenvalue weighted by molar-refractivity contribution is -0.169. The second kappa shape index (κ2) is 6.72. The monoisotopic (exact) mass is 310 g/mol. The van der Waals surface area contributed by atoms with Crippen LogP contribution in [-0.4, -0.2) is 50.9 Å². The Bertz CT molecular complexity index is 634. The highest BCUT2D eigenvalue weighted by Crippen LogP contribution is 2.26. The third-order valence-corrected chi connectivity index (χ3v) is 2.80. The summed E-state index contributed by atoms with van der Waals surface area (Å²) in [5, 5.41) is 36.7. The number of carboxylic acid groups (broad SMARTS) is 2. The average molecular weight is 310 g/mol. The Morgan fingerprint density at radius 3 is 2.36 bits per heavy atom. The Labute approximate surface area is 124 Å². The summed E-state index contributed by atoms with van der Waals surface area (Å²) in [5.41, 5.74) is -2.72. The van der Waals surface area contributed by atoms with Crippen LogP contribution in [0.4, 0.5) is 0 Å². The molecule has 0 saturated heterocycles. The van der Waals surface area contributed by atoms with Crippen molar-refractivity contribution in [1.29, 1.82) is 0 Å².